The normalized spacial score (nSPS) is 16.2. The van der Waals surface area contributed by atoms with Gasteiger partial charge < -0.3 is 16.0 Å². The van der Waals surface area contributed by atoms with E-state index in [2.05, 4.69) is 79.7 Å². The molecule has 0 aromatic heterocycles. The van der Waals surface area contributed by atoms with Gasteiger partial charge in [-0.05, 0) is 81.4 Å². The molecule has 3 amide bonds. The number of hydrogen-bond donors (Lipinski definition) is 3. The average molecular weight is 625 g/mol. The van der Waals surface area contributed by atoms with Crippen LogP contribution >= 0.6 is 63.7 Å². The molecule has 27 heavy (non-hydrogen) atoms. The standard InChI is InChI=1S/C17H11Br4N3O3/c18-8-5-9(19)15(14(21)13(8)20)24-17(27)23-11-6-12(25)16(26)22-10-4-2-1-3-7(10)11/h1-5,11H,6H2,(H,22,26)(H2,23,24,27). The van der Waals surface area contributed by atoms with E-state index in [1.54, 1.807) is 30.3 Å². The zero-order valence-electron chi connectivity index (χ0n) is 13.4. The maximum atomic E-state index is 12.6. The van der Waals surface area contributed by atoms with Crippen LogP contribution in [0.2, 0.25) is 0 Å². The molecule has 0 aliphatic carbocycles. The molecule has 0 fully saturated rings. The van der Waals surface area contributed by atoms with Crippen LogP contribution in [0.3, 0.4) is 0 Å². The highest BCUT2D eigenvalue weighted by Gasteiger charge is 2.29. The van der Waals surface area contributed by atoms with E-state index in [4.69, 9.17) is 0 Å². The molecule has 1 unspecified atom stereocenters. The Labute approximate surface area is 188 Å². The molecule has 1 heterocycles. The zero-order valence-corrected chi connectivity index (χ0v) is 19.8. The van der Waals surface area contributed by atoms with Crippen LogP contribution in [0.25, 0.3) is 0 Å². The molecule has 1 aliphatic heterocycles. The molecule has 1 aliphatic rings. The highest BCUT2D eigenvalue weighted by Crippen LogP contribution is 2.41. The van der Waals surface area contributed by atoms with E-state index in [-0.39, 0.29) is 6.42 Å². The molecular formula is C17H11Br4N3O3. The summed E-state index contributed by atoms with van der Waals surface area (Å²) < 4.78 is 2.85. The lowest BCUT2D eigenvalue weighted by Gasteiger charge is -2.19. The van der Waals surface area contributed by atoms with Crippen molar-refractivity contribution >= 4 is 92.8 Å². The van der Waals surface area contributed by atoms with Crippen LogP contribution < -0.4 is 16.0 Å². The molecule has 3 N–H and O–H groups in total. The topological polar surface area (TPSA) is 87.3 Å². The van der Waals surface area contributed by atoms with Gasteiger partial charge in [0.1, 0.15) is 0 Å². The van der Waals surface area contributed by atoms with Gasteiger partial charge in [0.2, 0.25) is 5.78 Å². The molecule has 0 saturated heterocycles. The van der Waals surface area contributed by atoms with E-state index in [0.29, 0.717) is 25.9 Å². The maximum absolute atomic E-state index is 12.6. The molecule has 0 spiro atoms. The molecule has 10 heteroatoms. The Morgan fingerprint density at radius 2 is 1.74 bits per heavy atom. The van der Waals surface area contributed by atoms with Crippen LogP contribution in [-0.4, -0.2) is 17.7 Å². The molecule has 6 nitrogen and oxygen atoms in total. The van der Waals surface area contributed by atoms with Crippen molar-refractivity contribution in [1.29, 1.82) is 0 Å². The lowest BCUT2D eigenvalue weighted by Crippen LogP contribution is -2.34. The molecular weight excluding hydrogens is 614 g/mol. The summed E-state index contributed by atoms with van der Waals surface area (Å²) in [6.45, 7) is 0. The Morgan fingerprint density at radius 1 is 1.04 bits per heavy atom. The number of urea groups is 1. The minimum absolute atomic E-state index is 0.122. The van der Waals surface area contributed by atoms with Crippen LogP contribution in [-0.2, 0) is 9.59 Å². The SMILES string of the molecule is O=C(Nc1c(Br)cc(Br)c(Br)c1Br)NC1CC(=O)C(=O)Nc2ccccc21. The second-order valence-electron chi connectivity index (χ2n) is 5.66. The summed E-state index contributed by atoms with van der Waals surface area (Å²) in [5, 5.41) is 8.10. The second kappa shape index (κ2) is 8.42. The smallest absolute Gasteiger partial charge is 0.319 e. The number of para-hydroxylation sites is 1. The van der Waals surface area contributed by atoms with Crippen LogP contribution in [0.15, 0.2) is 48.2 Å². The van der Waals surface area contributed by atoms with E-state index in [0.717, 1.165) is 8.95 Å². The van der Waals surface area contributed by atoms with Gasteiger partial charge in [-0.15, -0.1) is 0 Å². The minimum atomic E-state index is -0.686. The monoisotopic (exact) mass is 621 g/mol. The fourth-order valence-electron chi connectivity index (χ4n) is 2.61. The van der Waals surface area contributed by atoms with Gasteiger partial charge >= 0.3 is 6.03 Å². The number of ketones is 1. The molecule has 3 rings (SSSR count). The molecule has 0 saturated carbocycles. The summed E-state index contributed by atoms with van der Waals surface area (Å²) >= 11 is 13.7. The van der Waals surface area contributed by atoms with E-state index in [9.17, 15) is 14.4 Å². The van der Waals surface area contributed by atoms with E-state index in [1.165, 1.54) is 0 Å². The van der Waals surface area contributed by atoms with Gasteiger partial charge in [-0.3, -0.25) is 9.59 Å². The van der Waals surface area contributed by atoms with Crippen molar-refractivity contribution in [2.75, 3.05) is 10.6 Å². The molecule has 0 bridgehead atoms. The maximum Gasteiger partial charge on any atom is 0.319 e. The number of carbonyl (C=O) groups excluding carboxylic acids is 3. The lowest BCUT2D eigenvalue weighted by molar-refractivity contribution is -0.134. The number of fused-ring (bicyclic) bond motifs is 1. The summed E-state index contributed by atoms with van der Waals surface area (Å²) in [6, 6.07) is 7.64. The van der Waals surface area contributed by atoms with Crippen LogP contribution in [0, 0.1) is 0 Å². The Hall–Kier alpha value is -1.23. The summed E-state index contributed by atoms with van der Waals surface area (Å²) in [7, 11) is 0. The number of nitrogens with one attached hydrogen (secondary N) is 3. The Kier molecular flexibility index (Phi) is 6.39. The number of carbonyl (C=O) groups is 3. The van der Waals surface area contributed by atoms with Crippen molar-refractivity contribution in [2.45, 2.75) is 12.5 Å². The highest BCUT2D eigenvalue weighted by molar-refractivity contribution is 9.14. The first-order chi connectivity index (χ1) is 12.8. The highest BCUT2D eigenvalue weighted by atomic mass is 79.9. The number of halogens is 4. The van der Waals surface area contributed by atoms with Gasteiger partial charge in [0, 0.05) is 25.5 Å². The molecule has 140 valence electrons. The van der Waals surface area contributed by atoms with Gasteiger partial charge in [-0.1, -0.05) is 18.2 Å². The van der Waals surface area contributed by atoms with Gasteiger partial charge in [-0.25, -0.2) is 4.79 Å². The molecule has 2 aromatic carbocycles. The van der Waals surface area contributed by atoms with E-state index in [1.807, 2.05) is 0 Å². The van der Waals surface area contributed by atoms with E-state index >= 15 is 0 Å². The van der Waals surface area contributed by atoms with E-state index < -0.39 is 23.8 Å². The lowest BCUT2D eigenvalue weighted by atomic mass is 10.0. The third kappa shape index (κ3) is 4.44. The van der Waals surface area contributed by atoms with Gasteiger partial charge in [-0.2, -0.15) is 0 Å². The van der Waals surface area contributed by atoms with Crippen molar-refractivity contribution in [2.24, 2.45) is 0 Å². The van der Waals surface area contributed by atoms with Gasteiger partial charge in [0.05, 0.1) is 16.2 Å². The molecule has 1 atom stereocenters. The zero-order chi connectivity index (χ0) is 19.7. The fourth-order valence-corrected chi connectivity index (χ4v) is 5.24. The van der Waals surface area contributed by atoms with Crippen molar-refractivity contribution in [1.82, 2.24) is 5.32 Å². The number of hydrogen-bond acceptors (Lipinski definition) is 3. The summed E-state index contributed by atoms with van der Waals surface area (Å²) in [4.78, 5) is 36.4. The van der Waals surface area contributed by atoms with Crippen molar-refractivity contribution < 1.29 is 14.4 Å². The second-order valence-corrected chi connectivity index (χ2v) is 8.96. The van der Waals surface area contributed by atoms with Crippen LogP contribution in [0.1, 0.15) is 18.0 Å². The van der Waals surface area contributed by atoms with Gasteiger partial charge in [0.25, 0.3) is 5.91 Å². The summed E-state index contributed by atoms with van der Waals surface area (Å²) in [5.41, 5.74) is 1.69. The predicted molar refractivity (Wildman–Crippen MR) is 117 cm³/mol. The fraction of sp³-hybridized carbons (Fsp3) is 0.118. The summed E-state index contributed by atoms with van der Waals surface area (Å²) in [5.74, 6) is -1.28. The third-order valence-corrected chi connectivity index (χ3v) is 7.82. The van der Waals surface area contributed by atoms with Crippen molar-refractivity contribution in [3.05, 3.63) is 53.8 Å². The minimum Gasteiger partial charge on any atom is -0.331 e. The largest absolute Gasteiger partial charge is 0.331 e. The average Bonchev–Trinajstić information content (AvgIpc) is 2.74. The molecule has 0 radical (unpaired) electrons. The quantitative estimate of drug-likeness (QED) is 0.234. The predicted octanol–water partition coefficient (Wildman–Crippen LogP) is 5.51. The molecule has 2 aromatic rings. The Morgan fingerprint density at radius 3 is 2.48 bits per heavy atom. The number of amides is 3. The third-order valence-electron chi connectivity index (χ3n) is 3.89. The van der Waals surface area contributed by atoms with Crippen molar-refractivity contribution in [3.8, 4) is 0 Å². The van der Waals surface area contributed by atoms with Crippen LogP contribution in [0.4, 0.5) is 16.2 Å². The van der Waals surface area contributed by atoms with Crippen molar-refractivity contribution in [3.63, 3.8) is 0 Å². The first-order valence-corrected chi connectivity index (χ1v) is 10.8. The Balaban J connectivity index is 1.85. The van der Waals surface area contributed by atoms with Gasteiger partial charge in [0.15, 0.2) is 0 Å². The first-order valence-electron chi connectivity index (χ1n) is 7.61. The number of rotatable bonds is 2. The Bertz CT molecular complexity index is 965. The first kappa shape index (κ1) is 20.5. The van der Waals surface area contributed by atoms with Crippen LogP contribution in [0.5, 0.6) is 0 Å². The number of anilines is 2. The summed E-state index contributed by atoms with van der Waals surface area (Å²) in [6.07, 6.45) is -0.122. The number of benzene rings is 2. The number of Topliss-reactive ketones (excluding diaryl/α,β-unsaturated/α-hetero) is 1.